The fourth-order valence-electron chi connectivity index (χ4n) is 1.92. The van der Waals surface area contributed by atoms with Gasteiger partial charge in [-0.15, -0.1) is 0 Å². The first-order chi connectivity index (χ1) is 10.0. The van der Waals surface area contributed by atoms with Crippen molar-refractivity contribution in [3.8, 4) is 6.07 Å². The molecule has 0 unspecified atom stereocenters. The van der Waals surface area contributed by atoms with E-state index >= 15 is 0 Å². The van der Waals surface area contributed by atoms with Gasteiger partial charge in [-0.3, -0.25) is 0 Å². The average Bonchev–Trinajstić information content (AvgIpc) is 2.48. The lowest BCUT2D eigenvalue weighted by Gasteiger charge is -2.12. The van der Waals surface area contributed by atoms with Gasteiger partial charge in [-0.05, 0) is 29.8 Å². The molecule has 2 aromatic carbocycles. The predicted molar refractivity (Wildman–Crippen MR) is 76.3 cm³/mol. The molecule has 0 spiro atoms. The van der Waals surface area contributed by atoms with Crippen LogP contribution < -0.4 is 11.1 Å². The van der Waals surface area contributed by atoms with Crippen LogP contribution in [0.25, 0.3) is 0 Å². The third-order valence-corrected chi connectivity index (χ3v) is 2.95. The highest BCUT2D eigenvalue weighted by atomic mass is 19.1. The zero-order valence-electron chi connectivity index (χ0n) is 10.9. The van der Waals surface area contributed by atoms with E-state index in [2.05, 4.69) is 5.32 Å². The monoisotopic (exact) mass is 285 g/mol. The number of aromatic carboxylic acids is 1. The largest absolute Gasteiger partial charge is 0.478 e. The zero-order valence-corrected chi connectivity index (χ0v) is 10.9. The number of hydrogen-bond donors (Lipinski definition) is 3. The Morgan fingerprint density at radius 2 is 2.14 bits per heavy atom. The van der Waals surface area contributed by atoms with Gasteiger partial charge < -0.3 is 16.2 Å². The Morgan fingerprint density at radius 3 is 2.81 bits per heavy atom. The van der Waals surface area contributed by atoms with Crippen LogP contribution in [0.5, 0.6) is 0 Å². The van der Waals surface area contributed by atoms with Gasteiger partial charge in [0.1, 0.15) is 11.4 Å². The Labute approximate surface area is 120 Å². The molecular formula is C15H12FN3O2. The summed E-state index contributed by atoms with van der Waals surface area (Å²) in [7, 11) is 0. The summed E-state index contributed by atoms with van der Waals surface area (Å²) in [6.07, 6.45) is 0. The first-order valence-corrected chi connectivity index (χ1v) is 6.07. The number of nitrogens with zero attached hydrogens (tertiary/aromatic N) is 1. The molecule has 0 atom stereocenters. The van der Waals surface area contributed by atoms with Crippen LogP contribution in [0, 0.1) is 17.1 Å². The highest BCUT2D eigenvalue weighted by Crippen LogP contribution is 2.25. The molecular weight excluding hydrogens is 273 g/mol. The normalized spacial score (nSPS) is 9.90. The molecule has 0 fully saturated rings. The van der Waals surface area contributed by atoms with Gasteiger partial charge in [0.25, 0.3) is 0 Å². The van der Waals surface area contributed by atoms with Gasteiger partial charge in [0, 0.05) is 6.54 Å². The minimum absolute atomic E-state index is 0.226. The van der Waals surface area contributed by atoms with E-state index in [1.54, 1.807) is 24.3 Å². The quantitative estimate of drug-likeness (QED) is 0.750. The molecule has 0 saturated heterocycles. The maximum atomic E-state index is 13.3. The van der Waals surface area contributed by atoms with E-state index in [0.717, 1.165) is 11.6 Å². The van der Waals surface area contributed by atoms with Crippen molar-refractivity contribution in [1.82, 2.24) is 0 Å². The highest BCUT2D eigenvalue weighted by molar-refractivity contribution is 6.00. The lowest BCUT2D eigenvalue weighted by molar-refractivity contribution is 0.0698. The first kappa shape index (κ1) is 14.3. The Bertz CT molecular complexity index is 738. The summed E-state index contributed by atoms with van der Waals surface area (Å²) < 4.78 is 13.3. The van der Waals surface area contributed by atoms with Crippen molar-refractivity contribution >= 4 is 17.3 Å². The molecule has 0 radical (unpaired) electrons. The van der Waals surface area contributed by atoms with Crippen molar-refractivity contribution in [2.45, 2.75) is 6.54 Å². The minimum Gasteiger partial charge on any atom is -0.478 e. The molecule has 0 aliphatic rings. The van der Waals surface area contributed by atoms with Gasteiger partial charge in [-0.2, -0.15) is 5.26 Å². The van der Waals surface area contributed by atoms with Crippen molar-refractivity contribution in [3.63, 3.8) is 0 Å². The van der Waals surface area contributed by atoms with E-state index in [9.17, 15) is 9.18 Å². The van der Waals surface area contributed by atoms with Crippen molar-refractivity contribution in [2.24, 2.45) is 0 Å². The van der Waals surface area contributed by atoms with Crippen LogP contribution in [0.15, 0.2) is 36.4 Å². The predicted octanol–water partition coefficient (Wildman–Crippen LogP) is 2.59. The van der Waals surface area contributed by atoms with Gasteiger partial charge in [0.15, 0.2) is 0 Å². The van der Waals surface area contributed by atoms with Crippen LogP contribution in [0.1, 0.15) is 21.5 Å². The standard InChI is InChI=1S/C15H12FN3O2/c16-11-4-5-12(13(14(11)18)15(20)21)19-8-10-3-1-2-9(6-10)7-17/h1-6,19H,8,18H2,(H,20,21). The molecule has 4 N–H and O–H groups in total. The number of carbonyl (C=O) groups is 1. The van der Waals surface area contributed by atoms with Gasteiger partial charge in [0.2, 0.25) is 0 Å². The second-order valence-corrected chi connectivity index (χ2v) is 4.35. The molecule has 21 heavy (non-hydrogen) atoms. The third-order valence-electron chi connectivity index (χ3n) is 2.95. The smallest absolute Gasteiger partial charge is 0.340 e. The fraction of sp³-hybridized carbons (Fsp3) is 0.0667. The van der Waals surface area contributed by atoms with Crippen LogP contribution in [0.2, 0.25) is 0 Å². The molecule has 0 heterocycles. The number of nitrogen functional groups attached to an aromatic ring is 1. The lowest BCUT2D eigenvalue weighted by atomic mass is 10.1. The number of nitriles is 1. The van der Waals surface area contributed by atoms with Gasteiger partial charge in [-0.1, -0.05) is 12.1 Å². The Morgan fingerprint density at radius 1 is 1.38 bits per heavy atom. The summed E-state index contributed by atoms with van der Waals surface area (Å²) in [4.78, 5) is 11.2. The summed E-state index contributed by atoms with van der Waals surface area (Å²) in [5.41, 5.74) is 6.29. The number of nitrogens with one attached hydrogen (secondary N) is 1. The molecule has 0 aromatic heterocycles. The number of halogens is 1. The molecule has 5 nitrogen and oxygen atoms in total. The summed E-state index contributed by atoms with van der Waals surface area (Å²) in [5.74, 6) is -2.08. The van der Waals surface area contributed by atoms with Crippen LogP contribution >= 0.6 is 0 Å². The van der Waals surface area contributed by atoms with Crippen LogP contribution in [0.4, 0.5) is 15.8 Å². The number of carboxylic acid groups (broad SMARTS) is 1. The second kappa shape index (κ2) is 5.92. The summed E-state index contributed by atoms with van der Waals surface area (Å²) in [5, 5.41) is 20.8. The van der Waals surface area contributed by atoms with Crippen molar-refractivity contribution < 1.29 is 14.3 Å². The lowest BCUT2D eigenvalue weighted by Crippen LogP contribution is -2.10. The van der Waals surface area contributed by atoms with Crippen LogP contribution in [-0.4, -0.2) is 11.1 Å². The van der Waals surface area contributed by atoms with E-state index in [-0.39, 0.29) is 11.3 Å². The molecule has 2 rings (SSSR count). The van der Waals surface area contributed by atoms with E-state index in [1.807, 2.05) is 6.07 Å². The highest BCUT2D eigenvalue weighted by Gasteiger charge is 2.17. The number of rotatable bonds is 4. The SMILES string of the molecule is N#Cc1cccc(CNc2ccc(F)c(N)c2C(=O)O)c1. The van der Waals surface area contributed by atoms with E-state index < -0.39 is 17.5 Å². The first-order valence-electron chi connectivity index (χ1n) is 6.07. The Hall–Kier alpha value is -3.07. The van der Waals surface area contributed by atoms with Gasteiger partial charge in [0.05, 0.1) is 23.0 Å². The van der Waals surface area contributed by atoms with E-state index in [1.165, 1.54) is 6.07 Å². The minimum atomic E-state index is -1.31. The zero-order chi connectivity index (χ0) is 15.4. The van der Waals surface area contributed by atoms with Crippen molar-refractivity contribution in [2.75, 3.05) is 11.1 Å². The van der Waals surface area contributed by atoms with Gasteiger partial charge >= 0.3 is 5.97 Å². The van der Waals surface area contributed by atoms with E-state index in [0.29, 0.717) is 12.1 Å². The molecule has 0 aliphatic carbocycles. The van der Waals surface area contributed by atoms with Crippen LogP contribution in [-0.2, 0) is 6.54 Å². The number of carboxylic acids is 1. The number of nitrogens with two attached hydrogens (primary N) is 1. The third kappa shape index (κ3) is 3.09. The molecule has 2 aromatic rings. The number of benzene rings is 2. The summed E-state index contributed by atoms with van der Waals surface area (Å²) in [6.45, 7) is 0.293. The maximum absolute atomic E-state index is 13.3. The average molecular weight is 285 g/mol. The molecule has 0 bridgehead atoms. The molecule has 0 saturated carbocycles. The fourth-order valence-corrected chi connectivity index (χ4v) is 1.92. The Balaban J connectivity index is 2.26. The van der Waals surface area contributed by atoms with Crippen LogP contribution in [0.3, 0.4) is 0 Å². The maximum Gasteiger partial charge on any atom is 0.340 e. The molecule has 0 aliphatic heterocycles. The molecule has 106 valence electrons. The Kier molecular flexibility index (Phi) is 4.05. The topological polar surface area (TPSA) is 99.1 Å². The molecule has 0 amide bonds. The molecule has 6 heteroatoms. The summed E-state index contributed by atoms with van der Waals surface area (Å²) in [6, 6.07) is 11.3. The van der Waals surface area contributed by atoms with Crippen molar-refractivity contribution in [1.29, 1.82) is 5.26 Å². The second-order valence-electron chi connectivity index (χ2n) is 4.35. The number of anilines is 2. The summed E-state index contributed by atoms with van der Waals surface area (Å²) >= 11 is 0. The van der Waals surface area contributed by atoms with Gasteiger partial charge in [-0.25, -0.2) is 9.18 Å². The van der Waals surface area contributed by atoms with Crippen molar-refractivity contribution in [3.05, 3.63) is 58.9 Å². The number of hydrogen-bond acceptors (Lipinski definition) is 4. The van der Waals surface area contributed by atoms with E-state index in [4.69, 9.17) is 16.1 Å².